The van der Waals surface area contributed by atoms with E-state index in [9.17, 15) is 8.42 Å². The molecule has 2 rings (SSSR count). The van der Waals surface area contributed by atoms with E-state index >= 15 is 0 Å². The van der Waals surface area contributed by atoms with Crippen LogP contribution in [0.25, 0.3) is 0 Å². The zero-order valence-electron chi connectivity index (χ0n) is 9.74. The minimum atomic E-state index is -3.51. The molecule has 0 aliphatic carbocycles. The monoisotopic (exact) mass is 287 g/mol. The molecule has 0 aromatic carbocycles. The molecule has 0 spiro atoms. The molecule has 0 saturated heterocycles. The highest BCUT2D eigenvalue weighted by atomic mass is 32.2. The molecule has 0 amide bonds. The number of nitrogens with zero attached hydrogens (tertiary/aromatic N) is 1. The molecule has 2 aromatic heterocycles. The minimum absolute atomic E-state index is 0.155. The molecule has 0 bridgehead atoms. The lowest BCUT2D eigenvalue weighted by Gasteiger charge is -2.14. The van der Waals surface area contributed by atoms with Crippen LogP contribution in [0.5, 0.6) is 0 Å². The van der Waals surface area contributed by atoms with Gasteiger partial charge in [0.05, 0.1) is 19.1 Å². The van der Waals surface area contributed by atoms with E-state index in [1.807, 2.05) is 0 Å². The van der Waals surface area contributed by atoms with Gasteiger partial charge >= 0.3 is 0 Å². The van der Waals surface area contributed by atoms with Crippen LogP contribution in [0.3, 0.4) is 0 Å². The maximum absolute atomic E-state index is 12.2. The summed E-state index contributed by atoms with van der Waals surface area (Å²) in [4.78, 5) is 0. The highest BCUT2D eigenvalue weighted by Crippen LogP contribution is 2.24. The first-order chi connectivity index (χ1) is 8.54. The summed E-state index contributed by atoms with van der Waals surface area (Å²) in [5.74, 6) is 0. The number of sulfonamides is 1. The molecule has 5 nitrogen and oxygen atoms in total. The van der Waals surface area contributed by atoms with Crippen molar-refractivity contribution in [1.82, 2.24) is 4.31 Å². The van der Waals surface area contributed by atoms with E-state index in [0.717, 1.165) is 16.9 Å². The number of aliphatic hydroxyl groups excluding tert-OH is 1. The lowest BCUT2D eigenvalue weighted by molar-refractivity contribution is 0.282. The minimum Gasteiger partial charge on any atom is -0.472 e. The van der Waals surface area contributed by atoms with Gasteiger partial charge in [-0.3, -0.25) is 0 Å². The Labute approximate surface area is 109 Å². The maximum Gasteiger partial charge on any atom is 0.252 e. The summed E-state index contributed by atoms with van der Waals surface area (Å²) in [6.45, 7) is 0.0999. The second kappa shape index (κ2) is 5.23. The van der Waals surface area contributed by atoms with Crippen molar-refractivity contribution in [3.8, 4) is 0 Å². The molecule has 0 unspecified atom stereocenters. The smallest absolute Gasteiger partial charge is 0.252 e. The highest BCUT2D eigenvalue weighted by molar-refractivity contribution is 7.91. The van der Waals surface area contributed by atoms with Gasteiger partial charge in [-0.1, -0.05) is 0 Å². The molecule has 0 aliphatic heterocycles. The molecule has 0 radical (unpaired) electrons. The first-order valence-corrected chi connectivity index (χ1v) is 7.51. The van der Waals surface area contributed by atoms with E-state index in [1.54, 1.807) is 11.4 Å². The summed E-state index contributed by atoms with van der Waals surface area (Å²) in [5.41, 5.74) is 1.40. The zero-order valence-corrected chi connectivity index (χ0v) is 11.4. The molecule has 7 heteroatoms. The van der Waals surface area contributed by atoms with Crippen LogP contribution in [-0.2, 0) is 23.2 Å². The highest BCUT2D eigenvalue weighted by Gasteiger charge is 2.23. The molecule has 0 aliphatic rings. The van der Waals surface area contributed by atoms with Gasteiger partial charge in [0.1, 0.15) is 4.21 Å². The normalized spacial score (nSPS) is 12.2. The number of rotatable bonds is 5. The molecule has 0 fully saturated rings. The number of furan rings is 1. The molecule has 98 valence electrons. The Balaban J connectivity index is 2.19. The van der Waals surface area contributed by atoms with Gasteiger partial charge in [-0.15, -0.1) is 11.3 Å². The lowest BCUT2D eigenvalue weighted by atomic mass is 10.3. The van der Waals surface area contributed by atoms with Gasteiger partial charge in [0, 0.05) is 19.2 Å². The average Bonchev–Trinajstić information content (AvgIpc) is 2.99. The second-order valence-electron chi connectivity index (χ2n) is 3.82. The van der Waals surface area contributed by atoms with Crippen molar-refractivity contribution in [2.24, 2.45) is 0 Å². The topological polar surface area (TPSA) is 70.8 Å². The predicted octanol–water partition coefficient (Wildman–Crippen LogP) is 1.65. The Hall–Kier alpha value is -1.15. The van der Waals surface area contributed by atoms with Crippen molar-refractivity contribution < 1.29 is 17.9 Å². The van der Waals surface area contributed by atoms with Gasteiger partial charge in [0.2, 0.25) is 0 Å². The molecular formula is C11H13NO4S2. The van der Waals surface area contributed by atoms with Crippen LogP contribution in [0.4, 0.5) is 0 Å². The molecule has 2 aromatic rings. The van der Waals surface area contributed by atoms with Gasteiger partial charge in [-0.2, -0.15) is 4.31 Å². The molecule has 2 heterocycles. The first kappa shape index (κ1) is 13.3. The molecule has 1 N–H and O–H groups in total. The van der Waals surface area contributed by atoms with Crippen LogP contribution in [0.2, 0.25) is 0 Å². The van der Waals surface area contributed by atoms with Crippen LogP contribution in [0, 0.1) is 0 Å². The van der Waals surface area contributed by atoms with E-state index < -0.39 is 10.0 Å². The van der Waals surface area contributed by atoms with Gasteiger partial charge in [-0.05, 0) is 23.1 Å². The Kier molecular flexibility index (Phi) is 3.86. The summed E-state index contributed by atoms with van der Waals surface area (Å²) in [5, 5.41) is 10.6. The number of aliphatic hydroxyl groups is 1. The van der Waals surface area contributed by atoms with Gasteiger partial charge in [0.25, 0.3) is 10.0 Å². The molecule has 0 atom stereocenters. The third-order valence-corrected chi connectivity index (χ3v) is 5.73. The van der Waals surface area contributed by atoms with Gasteiger partial charge < -0.3 is 9.52 Å². The van der Waals surface area contributed by atoms with Crippen LogP contribution < -0.4 is 0 Å². The van der Waals surface area contributed by atoms with E-state index in [-0.39, 0.29) is 17.4 Å². The van der Waals surface area contributed by atoms with Crippen molar-refractivity contribution in [2.45, 2.75) is 17.4 Å². The Morgan fingerprint density at radius 2 is 2.22 bits per heavy atom. The fourth-order valence-corrected chi connectivity index (χ4v) is 4.02. The predicted molar refractivity (Wildman–Crippen MR) is 67.6 cm³/mol. The van der Waals surface area contributed by atoms with Gasteiger partial charge in [-0.25, -0.2) is 8.42 Å². The van der Waals surface area contributed by atoms with Crippen molar-refractivity contribution in [3.63, 3.8) is 0 Å². The lowest BCUT2D eigenvalue weighted by Crippen LogP contribution is -2.25. The van der Waals surface area contributed by atoms with Crippen LogP contribution in [0.1, 0.15) is 11.1 Å². The summed E-state index contributed by atoms with van der Waals surface area (Å²) in [6.07, 6.45) is 3.02. The van der Waals surface area contributed by atoms with E-state index in [0.29, 0.717) is 5.56 Å². The van der Waals surface area contributed by atoms with E-state index in [4.69, 9.17) is 9.52 Å². The van der Waals surface area contributed by atoms with Crippen molar-refractivity contribution in [1.29, 1.82) is 0 Å². The largest absolute Gasteiger partial charge is 0.472 e. The maximum atomic E-state index is 12.2. The van der Waals surface area contributed by atoms with Crippen molar-refractivity contribution in [3.05, 3.63) is 41.2 Å². The summed E-state index contributed by atoms with van der Waals surface area (Å²) < 4.78 is 30.8. The van der Waals surface area contributed by atoms with Crippen LogP contribution in [-0.4, -0.2) is 24.9 Å². The average molecular weight is 287 g/mol. The Morgan fingerprint density at radius 3 is 2.78 bits per heavy atom. The second-order valence-corrected chi connectivity index (χ2v) is 7.01. The number of hydrogen-bond acceptors (Lipinski definition) is 5. The Bertz CT molecular complexity index is 601. The van der Waals surface area contributed by atoms with E-state index in [1.165, 1.54) is 29.9 Å². The third-order valence-electron chi connectivity index (χ3n) is 2.46. The fourth-order valence-electron chi connectivity index (χ4n) is 1.45. The quantitative estimate of drug-likeness (QED) is 0.907. The van der Waals surface area contributed by atoms with Crippen LogP contribution in [0.15, 0.2) is 38.7 Å². The molecule has 0 saturated carbocycles. The molecular weight excluding hydrogens is 274 g/mol. The summed E-state index contributed by atoms with van der Waals surface area (Å²) in [7, 11) is -1.99. The Morgan fingerprint density at radius 1 is 1.44 bits per heavy atom. The third kappa shape index (κ3) is 2.64. The SMILES string of the molecule is CN(Cc1ccoc1)S(=O)(=O)c1cc(CO)cs1. The number of thiophene rings is 1. The molecule has 18 heavy (non-hydrogen) atoms. The first-order valence-electron chi connectivity index (χ1n) is 5.19. The summed E-state index contributed by atoms with van der Waals surface area (Å²) in [6, 6.07) is 3.21. The van der Waals surface area contributed by atoms with E-state index in [2.05, 4.69) is 0 Å². The van der Waals surface area contributed by atoms with Crippen molar-refractivity contribution in [2.75, 3.05) is 7.05 Å². The van der Waals surface area contributed by atoms with Crippen molar-refractivity contribution >= 4 is 21.4 Å². The number of hydrogen-bond donors (Lipinski definition) is 1. The zero-order chi connectivity index (χ0) is 13.2. The standard InChI is InChI=1S/C11H13NO4S2/c1-12(5-9-2-3-16-7-9)18(14,15)11-4-10(6-13)8-17-11/h2-4,7-8,13H,5-6H2,1H3. The fraction of sp³-hybridized carbons (Fsp3) is 0.273. The van der Waals surface area contributed by atoms with Crippen LogP contribution >= 0.6 is 11.3 Å². The van der Waals surface area contributed by atoms with Gasteiger partial charge in [0.15, 0.2) is 0 Å². The summed E-state index contributed by atoms with van der Waals surface area (Å²) >= 11 is 1.11.